The van der Waals surface area contributed by atoms with Crippen LogP contribution in [0.5, 0.6) is 11.5 Å². The summed E-state index contributed by atoms with van der Waals surface area (Å²) in [4.78, 5) is 0. The van der Waals surface area contributed by atoms with Gasteiger partial charge in [-0.25, -0.2) is 0 Å². The number of halogens is 2. The fourth-order valence-corrected chi connectivity index (χ4v) is 4.03. The van der Waals surface area contributed by atoms with E-state index in [2.05, 4.69) is 15.5 Å². The van der Waals surface area contributed by atoms with Crippen LogP contribution >= 0.6 is 0 Å². The molecule has 1 fully saturated rings. The van der Waals surface area contributed by atoms with Crippen molar-refractivity contribution in [3.63, 3.8) is 0 Å². The van der Waals surface area contributed by atoms with Gasteiger partial charge in [-0.15, -0.1) is 10.2 Å². The van der Waals surface area contributed by atoms with Gasteiger partial charge in [-0.2, -0.15) is 8.78 Å². The van der Waals surface area contributed by atoms with Gasteiger partial charge < -0.3 is 19.9 Å². The number of nitrogens with one attached hydrogen (secondary N) is 1. The molecule has 1 aromatic carbocycles. The second-order valence-corrected chi connectivity index (χ2v) is 7.43. The molecule has 7 nitrogen and oxygen atoms in total. The Bertz CT molecular complexity index is 1010. The molecular weight excluding hydrogens is 394 g/mol. The molecular formula is C21H24F2N4O3. The standard InChI is InChI=1S/C21H24F2N4O3/c1-29-15-7-8-16(18(11-15)30-20(22)23)19-17-6-3-9-27(17)21(26-25-19)24-14-5-2-4-13(10-14)12-28/h3,6-9,11,13-14,20,28H,2,4-5,10,12H2,1H3,(H,24,26)/t13-,14?/m1/s1. The number of fused-ring (bicyclic) bond motifs is 1. The SMILES string of the molecule is COc1ccc(-c2nnc(NC3CCC[C@@H](CO)C3)n3cccc23)c(OC(F)F)c1. The van der Waals surface area contributed by atoms with Gasteiger partial charge in [0.25, 0.3) is 0 Å². The lowest BCUT2D eigenvalue weighted by Crippen LogP contribution is -2.30. The molecule has 1 aliphatic carbocycles. The number of methoxy groups -OCH3 is 1. The molecule has 160 valence electrons. The van der Waals surface area contributed by atoms with Crippen LogP contribution in [-0.2, 0) is 0 Å². The zero-order valence-corrected chi connectivity index (χ0v) is 16.6. The number of nitrogens with zero attached hydrogens (tertiary/aromatic N) is 3. The van der Waals surface area contributed by atoms with E-state index in [9.17, 15) is 13.9 Å². The van der Waals surface area contributed by atoms with Gasteiger partial charge in [0.2, 0.25) is 5.95 Å². The number of anilines is 1. The highest BCUT2D eigenvalue weighted by Crippen LogP contribution is 2.36. The highest BCUT2D eigenvalue weighted by Gasteiger charge is 2.23. The smallest absolute Gasteiger partial charge is 0.387 e. The number of ether oxygens (including phenoxy) is 2. The number of rotatable bonds is 7. The highest BCUT2D eigenvalue weighted by molar-refractivity contribution is 5.81. The average Bonchev–Trinajstić information content (AvgIpc) is 3.24. The van der Waals surface area contributed by atoms with Gasteiger partial charge in [-0.3, -0.25) is 4.40 Å². The lowest BCUT2D eigenvalue weighted by Gasteiger charge is -2.29. The Labute approximate surface area is 172 Å². The highest BCUT2D eigenvalue weighted by atomic mass is 19.3. The summed E-state index contributed by atoms with van der Waals surface area (Å²) in [5.74, 6) is 1.24. The summed E-state index contributed by atoms with van der Waals surface area (Å²) in [5, 5.41) is 21.5. The molecule has 30 heavy (non-hydrogen) atoms. The van der Waals surface area contributed by atoms with Gasteiger partial charge in [-0.1, -0.05) is 6.42 Å². The van der Waals surface area contributed by atoms with Crippen LogP contribution in [0, 0.1) is 5.92 Å². The predicted molar refractivity (Wildman–Crippen MR) is 108 cm³/mol. The van der Waals surface area contributed by atoms with Gasteiger partial charge in [0.1, 0.15) is 17.2 Å². The van der Waals surface area contributed by atoms with Crippen molar-refractivity contribution < 1.29 is 23.4 Å². The van der Waals surface area contributed by atoms with Gasteiger partial charge in [0.05, 0.1) is 12.6 Å². The van der Waals surface area contributed by atoms with E-state index in [1.54, 1.807) is 12.1 Å². The third-order valence-corrected chi connectivity index (χ3v) is 5.50. The normalized spacial score (nSPS) is 19.2. The molecule has 2 heterocycles. The van der Waals surface area contributed by atoms with Crippen molar-refractivity contribution in [1.82, 2.24) is 14.6 Å². The third kappa shape index (κ3) is 4.16. The fourth-order valence-electron chi connectivity index (χ4n) is 4.03. The van der Waals surface area contributed by atoms with Crippen LogP contribution in [0.4, 0.5) is 14.7 Å². The van der Waals surface area contributed by atoms with E-state index < -0.39 is 6.61 Å². The number of aromatic nitrogens is 3. The lowest BCUT2D eigenvalue weighted by atomic mass is 9.86. The Kier molecular flexibility index (Phi) is 5.98. The molecule has 1 aliphatic rings. The summed E-state index contributed by atoms with van der Waals surface area (Å²) in [5.41, 5.74) is 1.55. The molecule has 0 saturated heterocycles. The first-order valence-corrected chi connectivity index (χ1v) is 9.93. The first-order valence-electron chi connectivity index (χ1n) is 9.93. The van der Waals surface area contributed by atoms with E-state index in [4.69, 9.17) is 9.47 Å². The Morgan fingerprint density at radius 2 is 2.13 bits per heavy atom. The van der Waals surface area contributed by atoms with Crippen LogP contribution in [0.2, 0.25) is 0 Å². The van der Waals surface area contributed by atoms with Gasteiger partial charge in [-0.05, 0) is 49.4 Å². The maximum atomic E-state index is 13.0. The minimum absolute atomic E-state index is 0.0273. The number of aliphatic hydroxyl groups excluding tert-OH is 1. The molecule has 0 amide bonds. The Balaban J connectivity index is 1.69. The van der Waals surface area contributed by atoms with Crippen LogP contribution in [0.3, 0.4) is 0 Å². The predicted octanol–water partition coefficient (Wildman–Crippen LogP) is 3.97. The zero-order valence-electron chi connectivity index (χ0n) is 16.6. The molecule has 3 aromatic rings. The van der Waals surface area contributed by atoms with E-state index in [0.29, 0.717) is 28.5 Å². The minimum Gasteiger partial charge on any atom is -0.497 e. The van der Waals surface area contributed by atoms with E-state index in [1.807, 2.05) is 22.7 Å². The van der Waals surface area contributed by atoms with Crippen LogP contribution in [0.1, 0.15) is 25.7 Å². The first kappa shape index (κ1) is 20.3. The van der Waals surface area contributed by atoms with Crippen molar-refractivity contribution in [3.05, 3.63) is 36.5 Å². The summed E-state index contributed by atoms with van der Waals surface area (Å²) in [6.45, 7) is -2.79. The van der Waals surface area contributed by atoms with Crippen LogP contribution < -0.4 is 14.8 Å². The van der Waals surface area contributed by atoms with Crippen molar-refractivity contribution in [3.8, 4) is 22.8 Å². The summed E-state index contributed by atoms with van der Waals surface area (Å²) in [6, 6.07) is 8.60. The topological polar surface area (TPSA) is 80.9 Å². The van der Waals surface area contributed by atoms with Crippen molar-refractivity contribution in [2.75, 3.05) is 19.0 Å². The molecule has 0 spiro atoms. The summed E-state index contributed by atoms with van der Waals surface area (Å²) in [7, 11) is 1.46. The van der Waals surface area contributed by atoms with Crippen LogP contribution in [-0.4, -0.2) is 46.1 Å². The van der Waals surface area contributed by atoms with Gasteiger partial charge >= 0.3 is 6.61 Å². The van der Waals surface area contributed by atoms with Crippen LogP contribution in [0.25, 0.3) is 16.8 Å². The maximum Gasteiger partial charge on any atom is 0.387 e. The number of hydrogen-bond acceptors (Lipinski definition) is 6. The quantitative estimate of drug-likeness (QED) is 0.604. The number of alkyl halides is 2. The van der Waals surface area contributed by atoms with Crippen LogP contribution in [0.15, 0.2) is 36.5 Å². The largest absolute Gasteiger partial charge is 0.497 e. The van der Waals surface area contributed by atoms with E-state index in [1.165, 1.54) is 13.2 Å². The molecule has 2 aromatic heterocycles. The summed E-state index contributed by atoms with van der Waals surface area (Å²) >= 11 is 0. The molecule has 0 radical (unpaired) electrons. The number of hydrogen-bond donors (Lipinski definition) is 2. The first-order chi connectivity index (χ1) is 14.6. The van der Waals surface area contributed by atoms with E-state index in [0.717, 1.165) is 25.7 Å². The average molecular weight is 418 g/mol. The van der Waals surface area contributed by atoms with Crippen molar-refractivity contribution in [2.24, 2.45) is 5.92 Å². The van der Waals surface area contributed by atoms with E-state index in [-0.39, 0.29) is 24.3 Å². The fraction of sp³-hybridized carbons (Fsp3) is 0.429. The maximum absolute atomic E-state index is 13.0. The Morgan fingerprint density at radius 3 is 2.90 bits per heavy atom. The lowest BCUT2D eigenvalue weighted by molar-refractivity contribution is -0.0495. The van der Waals surface area contributed by atoms with Crippen molar-refractivity contribution in [2.45, 2.75) is 38.3 Å². The molecule has 2 atom stereocenters. The molecule has 1 unspecified atom stereocenters. The summed E-state index contributed by atoms with van der Waals surface area (Å²) < 4.78 is 37.6. The molecule has 1 saturated carbocycles. The summed E-state index contributed by atoms with van der Waals surface area (Å²) in [6.07, 6.45) is 5.78. The van der Waals surface area contributed by atoms with E-state index >= 15 is 0 Å². The Hall–Kier alpha value is -2.94. The monoisotopic (exact) mass is 418 g/mol. The van der Waals surface area contributed by atoms with Crippen molar-refractivity contribution >= 4 is 11.5 Å². The second kappa shape index (κ2) is 8.83. The number of benzene rings is 1. The second-order valence-electron chi connectivity index (χ2n) is 7.43. The minimum atomic E-state index is -2.97. The molecule has 2 N–H and O–H groups in total. The Morgan fingerprint density at radius 1 is 1.27 bits per heavy atom. The third-order valence-electron chi connectivity index (χ3n) is 5.50. The molecule has 0 bridgehead atoms. The molecule has 9 heteroatoms. The van der Waals surface area contributed by atoms with Crippen molar-refractivity contribution in [1.29, 1.82) is 0 Å². The number of aliphatic hydroxyl groups is 1. The van der Waals surface area contributed by atoms with Gasteiger partial charge in [0.15, 0.2) is 0 Å². The molecule has 0 aliphatic heterocycles. The molecule has 4 rings (SSSR count). The van der Waals surface area contributed by atoms with Gasteiger partial charge in [0, 0.05) is 30.5 Å². The zero-order chi connectivity index (χ0) is 21.1.